The highest BCUT2D eigenvalue weighted by atomic mass is 19.4. The molecule has 0 aliphatic carbocycles. The lowest BCUT2D eigenvalue weighted by molar-refractivity contribution is -0.137. The van der Waals surface area contributed by atoms with Crippen LogP contribution in [-0.4, -0.2) is 12.1 Å². The molecule has 0 radical (unpaired) electrons. The highest BCUT2D eigenvalue weighted by Gasteiger charge is 2.30. The van der Waals surface area contributed by atoms with Gasteiger partial charge in [0, 0.05) is 6.21 Å². The maximum Gasteiger partial charge on any atom is 0.416 e. The van der Waals surface area contributed by atoms with E-state index in [9.17, 15) is 18.0 Å². The Labute approximate surface area is 130 Å². The molecule has 0 unspecified atom stereocenters. The predicted octanol–water partition coefficient (Wildman–Crippen LogP) is 3.66. The summed E-state index contributed by atoms with van der Waals surface area (Å²) in [6.45, 7) is 0. The number of carbonyl (C=O) groups is 1. The maximum absolute atomic E-state index is 12.6. The van der Waals surface area contributed by atoms with Crippen molar-refractivity contribution < 1.29 is 22.4 Å². The summed E-state index contributed by atoms with van der Waals surface area (Å²) in [4.78, 5) is 11.6. The first-order chi connectivity index (χ1) is 10.9. The molecular formula is C16H13F3N2O2. The van der Waals surface area contributed by atoms with Gasteiger partial charge in [-0.05, 0) is 35.9 Å². The molecule has 120 valence electrons. The molecule has 0 aliphatic heterocycles. The van der Waals surface area contributed by atoms with Gasteiger partial charge in [0.15, 0.2) is 0 Å². The van der Waals surface area contributed by atoms with Crippen molar-refractivity contribution in [1.29, 1.82) is 0 Å². The summed E-state index contributed by atoms with van der Waals surface area (Å²) in [5, 5.41) is 3.66. The first kappa shape index (κ1) is 16.5. The van der Waals surface area contributed by atoms with E-state index in [0.29, 0.717) is 5.76 Å². The molecule has 0 aliphatic rings. The van der Waals surface area contributed by atoms with Gasteiger partial charge in [-0.1, -0.05) is 18.2 Å². The van der Waals surface area contributed by atoms with Crippen LogP contribution in [0.1, 0.15) is 16.9 Å². The minimum absolute atomic E-state index is 0.191. The van der Waals surface area contributed by atoms with E-state index >= 15 is 0 Å². The minimum Gasteiger partial charge on any atom is -0.465 e. The van der Waals surface area contributed by atoms with Crippen LogP contribution in [0.15, 0.2) is 58.3 Å². The number of rotatable bonds is 5. The van der Waals surface area contributed by atoms with E-state index in [1.54, 1.807) is 24.3 Å². The Bertz CT molecular complexity index is 704. The number of hydrogen-bond donors (Lipinski definition) is 1. The van der Waals surface area contributed by atoms with Crippen molar-refractivity contribution in [2.24, 2.45) is 5.10 Å². The molecule has 2 rings (SSSR count). The van der Waals surface area contributed by atoms with E-state index in [1.165, 1.54) is 24.6 Å². The van der Waals surface area contributed by atoms with E-state index in [4.69, 9.17) is 4.42 Å². The highest BCUT2D eigenvalue weighted by Crippen LogP contribution is 2.29. The number of hydrogen-bond acceptors (Lipinski definition) is 3. The van der Waals surface area contributed by atoms with Crippen molar-refractivity contribution in [1.82, 2.24) is 5.43 Å². The van der Waals surface area contributed by atoms with Gasteiger partial charge >= 0.3 is 6.18 Å². The Balaban J connectivity index is 1.85. The molecule has 0 bridgehead atoms. The Kier molecular flexibility index (Phi) is 5.35. The molecule has 2 aromatic rings. The number of nitrogens with one attached hydrogen (secondary N) is 1. The number of nitrogens with zero attached hydrogens (tertiary/aromatic N) is 1. The van der Waals surface area contributed by atoms with Gasteiger partial charge in [-0.3, -0.25) is 4.79 Å². The second-order valence-electron chi connectivity index (χ2n) is 4.56. The molecule has 1 amide bonds. The molecule has 1 N–H and O–H groups in total. The average molecular weight is 322 g/mol. The van der Waals surface area contributed by atoms with Crippen LogP contribution in [0.4, 0.5) is 13.2 Å². The fraction of sp³-hybridized carbons (Fsp3) is 0.125. The van der Waals surface area contributed by atoms with Crippen molar-refractivity contribution in [2.75, 3.05) is 0 Å². The lowest BCUT2D eigenvalue weighted by atomic mass is 10.1. The molecule has 1 aromatic heterocycles. The van der Waals surface area contributed by atoms with E-state index in [0.717, 1.165) is 12.1 Å². The van der Waals surface area contributed by atoms with Gasteiger partial charge in [0.05, 0.1) is 18.2 Å². The molecule has 7 heteroatoms. The van der Waals surface area contributed by atoms with Gasteiger partial charge in [0.1, 0.15) is 5.76 Å². The summed E-state index contributed by atoms with van der Waals surface area (Å²) in [6.07, 6.45) is 1.44. The first-order valence-electron chi connectivity index (χ1n) is 6.63. The summed E-state index contributed by atoms with van der Waals surface area (Å²) >= 11 is 0. The molecule has 1 heterocycles. The van der Waals surface area contributed by atoms with Crippen LogP contribution in [0.2, 0.25) is 0 Å². The van der Waals surface area contributed by atoms with Crippen LogP contribution in [-0.2, 0) is 17.4 Å². The Morgan fingerprint density at radius 3 is 2.78 bits per heavy atom. The number of amides is 1. The molecule has 4 nitrogen and oxygen atoms in total. The minimum atomic E-state index is -4.43. The fourth-order valence-electron chi connectivity index (χ4n) is 1.76. The Hall–Kier alpha value is -2.83. The van der Waals surface area contributed by atoms with Gasteiger partial charge in [0.25, 0.3) is 0 Å². The zero-order valence-corrected chi connectivity index (χ0v) is 11.9. The normalized spacial score (nSPS) is 12.1. The van der Waals surface area contributed by atoms with Gasteiger partial charge in [-0.15, -0.1) is 0 Å². The van der Waals surface area contributed by atoms with Crippen molar-refractivity contribution in [3.63, 3.8) is 0 Å². The Morgan fingerprint density at radius 2 is 2.09 bits per heavy atom. The number of hydrazone groups is 1. The molecule has 0 atom stereocenters. The van der Waals surface area contributed by atoms with Crippen LogP contribution in [0.3, 0.4) is 0 Å². The van der Waals surface area contributed by atoms with Crippen molar-refractivity contribution in [3.8, 4) is 0 Å². The summed E-state index contributed by atoms with van der Waals surface area (Å²) in [5.74, 6) is 0.124. The SMILES string of the molecule is O=C(Cc1cccc(C(F)(F)F)c1)NN=CC=Cc1ccco1. The van der Waals surface area contributed by atoms with Crippen molar-refractivity contribution in [2.45, 2.75) is 12.6 Å². The topological polar surface area (TPSA) is 54.6 Å². The molecule has 0 fully saturated rings. The van der Waals surface area contributed by atoms with E-state index in [-0.39, 0.29) is 12.0 Å². The lowest BCUT2D eigenvalue weighted by Gasteiger charge is -2.08. The van der Waals surface area contributed by atoms with Gasteiger partial charge in [-0.2, -0.15) is 18.3 Å². The van der Waals surface area contributed by atoms with E-state index in [1.807, 2.05) is 0 Å². The number of furan rings is 1. The van der Waals surface area contributed by atoms with Crippen molar-refractivity contribution in [3.05, 3.63) is 65.6 Å². The number of benzene rings is 1. The number of carbonyl (C=O) groups excluding carboxylic acids is 1. The summed E-state index contributed by atoms with van der Waals surface area (Å²) in [7, 11) is 0. The molecule has 0 saturated heterocycles. The van der Waals surface area contributed by atoms with Gasteiger partial charge in [0.2, 0.25) is 5.91 Å². The highest BCUT2D eigenvalue weighted by molar-refractivity contribution is 5.82. The zero-order chi connectivity index (χ0) is 16.7. The molecular weight excluding hydrogens is 309 g/mol. The second kappa shape index (κ2) is 7.44. The average Bonchev–Trinajstić information content (AvgIpc) is 2.99. The smallest absolute Gasteiger partial charge is 0.416 e. The van der Waals surface area contributed by atoms with E-state index in [2.05, 4.69) is 10.5 Å². The van der Waals surface area contributed by atoms with Gasteiger partial charge < -0.3 is 4.42 Å². The monoisotopic (exact) mass is 322 g/mol. The third kappa shape index (κ3) is 5.46. The molecule has 0 saturated carbocycles. The van der Waals surface area contributed by atoms with Crippen LogP contribution in [0.5, 0.6) is 0 Å². The number of allylic oxidation sites excluding steroid dienone is 1. The fourth-order valence-corrected chi connectivity index (χ4v) is 1.76. The number of alkyl halides is 3. The molecule has 0 spiro atoms. The van der Waals surface area contributed by atoms with Crippen LogP contribution < -0.4 is 5.43 Å². The van der Waals surface area contributed by atoms with Gasteiger partial charge in [-0.25, -0.2) is 5.43 Å². The predicted molar refractivity (Wildman–Crippen MR) is 79.5 cm³/mol. The van der Waals surface area contributed by atoms with Crippen LogP contribution in [0, 0.1) is 0 Å². The Morgan fingerprint density at radius 1 is 1.26 bits per heavy atom. The first-order valence-corrected chi connectivity index (χ1v) is 6.63. The van der Waals surface area contributed by atoms with E-state index < -0.39 is 17.6 Å². The number of halogens is 3. The summed E-state index contributed by atoms with van der Waals surface area (Å²) < 4.78 is 42.8. The summed E-state index contributed by atoms with van der Waals surface area (Å²) in [5.41, 5.74) is 1.71. The third-order valence-corrected chi connectivity index (χ3v) is 2.77. The largest absolute Gasteiger partial charge is 0.465 e. The quantitative estimate of drug-likeness (QED) is 0.675. The van der Waals surface area contributed by atoms with Crippen molar-refractivity contribution >= 4 is 18.2 Å². The standard InChI is InChI=1S/C16H13F3N2O2/c17-16(18,19)13-5-1-4-12(10-13)11-15(22)21-20-8-2-6-14-7-3-9-23-14/h1-10H,11H2,(H,21,22). The maximum atomic E-state index is 12.6. The second-order valence-corrected chi connectivity index (χ2v) is 4.56. The zero-order valence-electron chi connectivity index (χ0n) is 11.9. The third-order valence-electron chi connectivity index (χ3n) is 2.77. The molecule has 1 aromatic carbocycles. The lowest BCUT2D eigenvalue weighted by Crippen LogP contribution is -2.19. The molecule has 23 heavy (non-hydrogen) atoms. The van der Waals surface area contributed by atoms with Crippen LogP contribution in [0.25, 0.3) is 6.08 Å². The summed E-state index contributed by atoms with van der Waals surface area (Å²) in [6, 6.07) is 8.10. The van der Waals surface area contributed by atoms with Crippen LogP contribution >= 0.6 is 0 Å².